The van der Waals surface area contributed by atoms with Gasteiger partial charge in [0.1, 0.15) is 10.6 Å². The molecule has 0 bridgehead atoms. The van der Waals surface area contributed by atoms with Gasteiger partial charge in [0.25, 0.3) is 0 Å². The lowest BCUT2D eigenvalue weighted by Gasteiger charge is -2.44. The van der Waals surface area contributed by atoms with Crippen molar-refractivity contribution in [2.45, 2.75) is 32.7 Å². The minimum absolute atomic E-state index is 0.0971. The summed E-state index contributed by atoms with van der Waals surface area (Å²) in [7, 11) is 0. The van der Waals surface area contributed by atoms with Crippen LogP contribution in [-0.4, -0.2) is 46.7 Å². The average molecular weight is 379 g/mol. The van der Waals surface area contributed by atoms with E-state index in [-0.39, 0.29) is 5.41 Å². The van der Waals surface area contributed by atoms with Crippen molar-refractivity contribution in [3.8, 4) is 0 Å². The highest BCUT2D eigenvalue weighted by Crippen LogP contribution is 2.68. The van der Waals surface area contributed by atoms with Crippen molar-refractivity contribution in [1.82, 2.24) is 9.97 Å². The van der Waals surface area contributed by atoms with Gasteiger partial charge in [-0.15, -0.1) is 11.3 Å². The molecule has 1 saturated carbocycles. The summed E-state index contributed by atoms with van der Waals surface area (Å²) in [5.41, 5.74) is -0.684. The molecule has 1 spiro atoms. The molecule has 2 aromatic heterocycles. The zero-order valence-electron chi connectivity index (χ0n) is 14.1. The molecule has 1 unspecified atom stereocenters. The SMILES string of the molecule is C[C@H]1CCN1c1nc(N2CC3(C2)CC3(C)C(=O)O)c2cc(Cl)sc2n1. The van der Waals surface area contributed by atoms with Gasteiger partial charge in [0.15, 0.2) is 0 Å². The number of nitrogens with zero attached hydrogens (tertiary/aromatic N) is 4. The Hall–Kier alpha value is -1.60. The molecule has 25 heavy (non-hydrogen) atoms. The molecule has 5 rings (SSSR count). The number of halogens is 1. The predicted molar refractivity (Wildman–Crippen MR) is 98.9 cm³/mol. The third-order valence-electron chi connectivity index (χ3n) is 6.40. The van der Waals surface area contributed by atoms with E-state index in [2.05, 4.69) is 16.7 Å². The maximum Gasteiger partial charge on any atom is 0.310 e. The number of hydrogen-bond donors (Lipinski definition) is 1. The second-order valence-electron chi connectivity index (χ2n) is 7.90. The number of carboxylic acid groups (broad SMARTS) is 1. The molecule has 1 aliphatic carbocycles. The average Bonchev–Trinajstić information content (AvgIpc) is 2.98. The van der Waals surface area contributed by atoms with Gasteiger partial charge < -0.3 is 14.9 Å². The molecule has 0 radical (unpaired) electrons. The Labute approximate surface area is 154 Å². The van der Waals surface area contributed by atoms with Gasteiger partial charge in [-0.2, -0.15) is 4.98 Å². The first-order valence-electron chi connectivity index (χ1n) is 8.55. The van der Waals surface area contributed by atoms with Crippen LogP contribution in [0.3, 0.4) is 0 Å². The Balaban J connectivity index is 1.50. The summed E-state index contributed by atoms with van der Waals surface area (Å²) in [5, 5.41) is 10.4. The zero-order chi connectivity index (χ0) is 17.6. The van der Waals surface area contributed by atoms with Crippen molar-refractivity contribution < 1.29 is 9.90 Å². The normalized spacial score (nSPS) is 29.6. The van der Waals surface area contributed by atoms with Crippen LogP contribution >= 0.6 is 22.9 Å². The maximum atomic E-state index is 11.5. The Kier molecular flexibility index (Phi) is 2.98. The van der Waals surface area contributed by atoms with Gasteiger partial charge in [-0.3, -0.25) is 4.79 Å². The van der Waals surface area contributed by atoms with Crippen molar-refractivity contribution in [2.75, 3.05) is 29.4 Å². The molecule has 0 aromatic carbocycles. The van der Waals surface area contributed by atoms with Crippen LogP contribution < -0.4 is 9.80 Å². The number of hydrogen-bond acceptors (Lipinski definition) is 6. The third-order valence-corrected chi connectivity index (χ3v) is 7.56. The molecule has 2 aliphatic heterocycles. The first kappa shape index (κ1) is 15.6. The van der Waals surface area contributed by atoms with Crippen LogP contribution in [0.15, 0.2) is 6.07 Å². The topological polar surface area (TPSA) is 69.6 Å². The number of anilines is 2. The fraction of sp³-hybridized carbons (Fsp3) is 0.588. The summed E-state index contributed by atoms with van der Waals surface area (Å²) in [6.07, 6.45) is 1.91. The molecule has 3 fully saturated rings. The van der Waals surface area contributed by atoms with E-state index in [4.69, 9.17) is 21.6 Å². The summed E-state index contributed by atoms with van der Waals surface area (Å²) in [5.74, 6) is 0.971. The number of fused-ring (bicyclic) bond motifs is 1. The van der Waals surface area contributed by atoms with Crippen LogP contribution in [0, 0.1) is 10.8 Å². The summed E-state index contributed by atoms with van der Waals surface area (Å²) in [4.78, 5) is 26.4. The van der Waals surface area contributed by atoms with Crippen LogP contribution in [0.25, 0.3) is 10.2 Å². The van der Waals surface area contributed by atoms with Gasteiger partial charge in [-0.25, -0.2) is 4.98 Å². The minimum Gasteiger partial charge on any atom is -0.481 e. The number of aliphatic carboxylic acids is 1. The highest BCUT2D eigenvalue weighted by molar-refractivity contribution is 7.22. The molecule has 8 heteroatoms. The van der Waals surface area contributed by atoms with Gasteiger partial charge in [-0.1, -0.05) is 11.6 Å². The molecule has 3 aliphatic rings. The third kappa shape index (κ3) is 1.99. The van der Waals surface area contributed by atoms with Crippen LogP contribution in [-0.2, 0) is 4.79 Å². The maximum absolute atomic E-state index is 11.5. The second kappa shape index (κ2) is 4.76. The highest BCUT2D eigenvalue weighted by Gasteiger charge is 2.74. The van der Waals surface area contributed by atoms with E-state index in [0.29, 0.717) is 10.4 Å². The van der Waals surface area contributed by atoms with Crippen molar-refractivity contribution in [3.63, 3.8) is 0 Å². The van der Waals surface area contributed by atoms with Crippen molar-refractivity contribution in [3.05, 3.63) is 10.4 Å². The summed E-state index contributed by atoms with van der Waals surface area (Å²) < 4.78 is 0.705. The standard InChI is InChI=1S/C17H19ClN4O2S/c1-9-3-4-22(9)15-19-12(10-5-11(18)25-13(10)20-15)21-7-17(8-21)6-16(17,2)14(23)24/h5,9H,3-4,6-8H2,1-2H3,(H,23,24)/t9-,16?/m0/s1. The Morgan fingerprint density at radius 1 is 1.44 bits per heavy atom. The Bertz CT molecular complexity index is 909. The predicted octanol–water partition coefficient (Wildman–Crippen LogP) is 3.24. The molecular weight excluding hydrogens is 360 g/mol. The minimum atomic E-state index is -0.686. The first-order chi connectivity index (χ1) is 11.8. The molecule has 2 atom stereocenters. The van der Waals surface area contributed by atoms with E-state index < -0.39 is 11.4 Å². The molecule has 132 valence electrons. The fourth-order valence-electron chi connectivity index (χ4n) is 4.28. The van der Waals surface area contributed by atoms with Crippen molar-refractivity contribution in [2.24, 2.45) is 10.8 Å². The van der Waals surface area contributed by atoms with Gasteiger partial charge in [-0.05, 0) is 32.8 Å². The molecule has 4 heterocycles. The molecule has 1 N–H and O–H groups in total. The van der Waals surface area contributed by atoms with Gasteiger partial charge in [0.05, 0.1) is 15.1 Å². The molecule has 2 saturated heterocycles. The lowest BCUT2D eigenvalue weighted by Crippen LogP contribution is -2.53. The van der Waals surface area contributed by atoms with Crippen LogP contribution in [0.2, 0.25) is 4.34 Å². The number of thiophene rings is 1. The molecule has 6 nitrogen and oxygen atoms in total. The van der Waals surface area contributed by atoms with Crippen LogP contribution in [0.5, 0.6) is 0 Å². The number of aromatic nitrogens is 2. The Morgan fingerprint density at radius 2 is 2.20 bits per heavy atom. The lowest BCUT2D eigenvalue weighted by molar-refractivity contribution is -0.144. The van der Waals surface area contributed by atoms with E-state index in [9.17, 15) is 9.90 Å². The first-order valence-corrected chi connectivity index (χ1v) is 9.75. The van der Waals surface area contributed by atoms with Crippen LogP contribution in [0.1, 0.15) is 26.7 Å². The number of rotatable bonds is 3. The smallest absolute Gasteiger partial charge is 0.310 e. The molecule has 0 amide bonds. The van der Waals surface area contributed by atoms with Crippen molar-refractivity contribution in [1.29, 1.82) is 0 Å². The number of carbonyl (C=O) groups is 1. The number of carboxylic acids is 1. The van der Waals surface area contributed by atoms with Crippen LogP contribution in [0.4, 0.5) is 11.8 Å². The zero-order valence-corrected chi connectivity index (χ0v) is 15.7. The van der Waals surface area contributed by atoms with Crippen molar-refractivity contribution >= 4 is 50.9 Å². The monoisotopic (exact) mass is 378 g/mol. The van der Waals surface area contributed by atoms with Gasteiger partial charge in [0.2, 0.25) is 5.95 Å². The second-order valence-corrected chi connectivity index (χ2v) is 9.56. The van der Waals surface area contributed by atoms with E-state index >= 15 is 0 Å². The van der Waals surface area contributed by atoms with Gasteiger partial charge >= 0.3 is 5.97 Å². The van der Waals surface area contributed by atoms with E-state index in [1.165, 1.54) is 11.3 Å². The summed E-state index contributed by atoms with van der Waals surface area (Å²) in [6, 6.07) is 2.39. The lowest BCUT2D eigenvalue weighted by atomic mass is 9.86. The highest BCUT2D eigenvalue weighted by atomic mass is 35.5. The summed E-state index contributed by atoms with van der Waals surface area (Å²) >= 11 is 7.70. The van der Waals surface area contributed by atoms with E-state index in [0.717, 1.165) is 54.5 Å². The molecule has 2 aromatic rings. The van der Waals surface area contributed by atoms with E-state index in [1.807, 2.05) is 13.0 Å². The van der Waals surface area contributed by atoms with Gasteiger partial charge in [0, 0.05) is 31.1 Å². The molecular formula is C17H19ClN4O2S. The summed E-state index contributed by atoms with van der Waals surface area (Å²) in [6.45, 7) is 6.50. The quantitative estimate of drug-likeness (QED) is 0.884. The largest absolute Gasteiger partial charge is 0.481 e. The van der Waals surface area contributed by atoms with E-state index in [1.54, 1.807) is 0 Å². The Morgan fingerprint density at radius 3 is 2.76 bits per heavy atom. The fourth-order valence-corrected chi connectivity index (χ4v) is 5.36.